The lowest BCUT2D eigenvalue weighted by Gasteiger charge is -2.34. The molecule has 3 rings (SSSR count). The van der Waals surface area contributed by atoms with Crippen LogP contribution in [0.5, 0.6) is 0 Å². The van der Waals surface area contributed by atoms with Crippen LogP contribution in [0.15, 0.2) is 53.4 Å². The second-order valence-electron chi connectivity index (χ2n) is 5.66. The van der Waals surface area contributed by atoms with E-state index in [-0.39, 0.29) is 37.0 Å². The third kappa shape index (κ3) is 3.84. The van der Waals surface area contributed by atoms with Gasteiger partial charge in [-0.3, -0.25) is 4.79 Å². The van der Waals surface area contributed by atoms with Gasteiger partial charge in [-0.05, 0) is 42.5 Å². The number of benzene rings is 2. The molecule has 1 aliphatic rings. The summed E-state index contributed by atoms with van der Waals surface area (Å²) in [5.74, 6) is -0.669. The first-order valence-corrected chi connectivity index (χ1v) is 9.50. The molecule has 1 amide bonds. The maximum Gasteiger partial charge on any atom is 0.253 e. The Labute approximate surface area is 150 Å². The molecule has 5 nitrogen and oxygen atoms in total. The molecule has 0 aromatic heterocycles. The number of carbonyl (C=O) groups excluding carboxylic acids is 1. The van der Waals surface area contributed by atoms with Gasteiger partial charge >= 0.3 is 0 Å². The Morgan fingerprint density at radius 3 is 2.24 bits per heavy atom. The first-order valence-electron chi connectivity index (χ1n) is 7.68. The highest BCUT2D eigenvalue weighted by Crippen LogP contribution is 2.19. The highest BCUT2D eigenvalue weighted by atomic mass is 35.5. The maximum atomic E-state index is 13.0. The molecule has 1 heterocycles. The fourth-order valence-electron chi connectivity index (χ4n) is 2.69. The third-order valence-corrected chi connectivity index (χ3v) is 6.20. The number of hydrogen-bond acceptors (Lipinski definition) is 3. The van der Waals surface area contributed by atoms with E-state index in [2.05, 4.69) is 0 Å². The molecule has 132 valence electrons. The smallest absolute Gasteiger partial charge is 0.253 e. The Morgan fingerprint density at radius 1 is 1.00 bits per heavy atom. The average Bonchev–Trinajstić information content (AvgIpc) is 2.61. The molecule has 0 atom stereocenters. The first kappa shape index (κ1) is 17.8. The molecule has 1 aliphatic heterocycles. The molecule has 0 bridgehead atoms. The van der Waals surface area contributed by atoms with Crippen LogP contribution in [0.2, 0.25) is 5.02 Å². The molecule has 2 aromatic rings. The molecular formula is C17H16ClFN2O3S. The minimum Gasteiger partial charge on any atom is -0.336 e. The quantitative estimate of drug-likeness (QED) is 0.820. The Morgan fingerprint density at radius 2 is 1.64 bits per heavy atom. The van der Waals surface area contributed by atoms with Crippen molar-refractivity contribution in [3.05, 3.63) is 64.9 Å². The summed E-state index contributed by atoms with van der Waals surface area (Å²) in [5, 5.41) is 0.475. The van der Waals surface area contributed by atoms with E-state index in [1.807, 2.05) is 0 Å². The number of rotatable bonds is 3. The van der Waals surface area contributed by atoms with Crippen LogP contribution in [0.3, 0.4) is 0 Å². The van der Waals surface area contributed by atoms with Crippen molar-refractivity contribution < 1.29 is 17.6 Å². The highest BCUT2D eigenvalue weighted by molar-refractivity contribution is 7.89. The highest BCUT2D eigenvalue weighted by Gasteiger charge is 2.30. The van der Waals surface area contributed by atoms with Crippen molar-refractivity contribution in [2.75, 3.05) is 26.2 Å². The molecule has 0 unspecified atom stereocenters. The van der Waals surface area contributed by atoms with Crippen LogP contribution >= 0.6 is 11.6 Å². The fourth-order valence-corrected chi connectivity index (χ4v) is 4.30. The van der Waals surface area contributed by atoms with Crippen molar-refractivity contribution in [2.45, 2.75) is 4.90 Å². The van der Waals surface area contributed by atoms with Gasteiger partial charge in [0.25, 0.3) is 5.91 Å². The number of piperazine rings is 1. The molecular weight excluding hydrogens is 367 g/mol. The SMILES string of the molecule is O=C(c1cccc(Cl)c1)N1CCN(S(=O)(=O)c2ccc(F)cc2)CC1. The van der Waals surface area contributed by atoms with Crippen LogP contribution in [0, 0.1) is 5.82 Å². The van der Waals surface area contributed by atoms with E-state index < -0.39 is 15.8 Å². The second kappa shape index (κ2) is 7.11. The molecule has 0 aliphatic carbocycles. The van der Waals surface area contributed by atoms with Gasteiger partial charge in [0.05, 0.1) is 4.90 Å². The van der Waals surface area contributed by atoms with Crippen LogP contribution in [0.4, 0.5) is 4.39 Å². The van der Waals surface area contributed by atoms with Gasteiger partial charge in [-0.15, -0.1) is 0 Å². The lowest BCUT2D eigenvalue weighted by atomic mass is 10.2. The predicted molar refractivity (Wildman–Crippen MR) is 92.5 cm³/mol. The largest absolute Gasteiger partial charge is 0.336 e. The Hall–Kier alpha value is -1.96. The van der Waals surface area contributed by atoms with Crippen LogP contribution in [-0.4, -0.2) is 49.7 Å². The third-order valence-electron chi connectivity index (χ3n) is 4.05. The summed E-state index contributed by atoms with van der Waals surface area (Å²) in [5.41, 5.74) is 0.474. The van der Waals surface area contributed by atoms with Crippen LogP contribution < -0.4 is 0 Å². The van der Waals surface area contributed by atoms with E-state index in [9.17, 15) is 17.6 Å². The minimum absolute atomic E-state index is 0.0449. The molecule has 2 aromatic carbocycles. The summed E-state index contributed by atoms with van der Waals surface area (Å²) in [4.78, 5) is 14.1. The fraction of sp³-hybridized carbons (Fsp3) is 0.235. The molecule has 0 saturated carbocycles. The van der Waals surface area contributed by atoms with Gasteiger partial charge in [-0.1, -0.05) is 17.7 Å². The molecule has 1 fully saturated rings. The summed E-state index contributed by atoms with van der Waals surface area (Å²) in [6.45, 7) is 0.940. The van der Waals surface area contributed by atoms with Crippen LogP contribution in [-0.2, 0) is 10.0 Å². The summed E-state index contributed by atoms with van der Waals surface area (Å²) in [6.07, 6.45) is 0. The summed E-state index contributed by atoms with van der Waals surface area (Å²) in [6, 6.07) is 11.4. The summed E-state index contributed by atoms with van der Waals surface area (Å²) in [7, 11) is -3.69. The lowest BCUT2D eigenvalue weighted by Crippen LogP contribution is -2.50. The number of nitrogens with zero attached hydrogens (tertiary/aromatic N) is 2. The number of sulfonamides is 1. The van der Waals surface area contributed by atoms with Crippen molar-refractivity contribution in [1.29, 1.82) is 0 Å². The van der Waals surface area contributed by atoms with E-state index in [0.717, 1.165) is 12.1 Å². The maximum absolute atomic E-state index is 13.0. The van der Waals surface area contributed by atoms with Gasteiger partial charge in [0.1, 0.15) is 5.82 Å². The van der Waals surface area contributed by atoms with E-state index in [0.29, 0.717) is 10.6 Å². The van der Waals surface area contributed by atoms with E-state index >= 15 is 0 Å². The molecule has 0 radical (unpaired) electrons. The van der Waals surface area contributed by atoms with Gasteiger partial charge in [0.2, 0.25) is 10.0 Å². The lowest BCUT2D eigenvalue weighted by molar-refractivity contribution is 0.0698. The Bertz CT molecular complexity index is 879. The summed E-state index contributed by atoms with van der Waals surface area (Å²) >= 11 is 5.90. The monoisotopic (exact) mass is 382 g/mol. The minimum atomic E-state index is -3.69. The van der Waals surface area contributed by atoms with Gasteiger partial charge in [0.15, 0.2) is 0 Å². The van der Waals surface area contributed by atoms with Crippen molar-refractivity contribution in [3.8, 4) is 0 Å². The molecule has 0 N–H and O–H groups in total. The number of hydrogen-bond donors (Lipinski definition) is 0. The first-order chi connectivity index (χ1) is 11.9. The zero-order valence-corrected chi connectivity index (χ0v) is 14.8. The molecule has 25 heavy (non-hydrogen) atoms. The summed E-state index contributed by atoms with van der Waals surface area (Å²) < 4.78 is 39.4. The molecule has 0 spiro atoms. The van der Waals surface area contributed by atoms with Gasteiger partial charge in [-0.2, -0.15) is 4.31 Å². The van der Waals surface area contributed by atoms with Crippen molar-refractivity contribution in [2.24, 2.45) is 0 Å². The number of amides is 1. The number of carbonyl (C=O) groups is 1. The zero-order chi connectivity index (χ0) is 18.0. The standard InChI is InChI=1S/C17H16ClFN2O3S/c18-14-3-1-2-13(12-14)17(22)20-8-10-21(11-9-20)25(23,24)16-6-4-15(19)5-7-16/h1-7,12H,8-11H2. The van der Waals surface area contributed by atoms with Gasteiger partial charge in [0, 0.05) is 36.8 Å². The van der Waals surface area contributed by atoms with Gasteiger partial charge < -0.3 is 4.90 Å². The predicted octanol–water partition coefficient (Wildman–Crippen LogP) is 2.63. The topological polar surface area (TPSA) is 57.7 Å². The van der Waals surface area contributed by atoms with E-state index in [1.165, 1.54) is 16.4 Å². The molecule has 1 saturated heterocycles. The van der Waals surface area contributed by atoms with Crippen LogP contribution in [0.1, 0.15) is 10.4 Å². The van der Waals surface area contributed by atoms with Gasteiger partial charge in [-0.25, -0.2) is 12.8 Å². The van der Waals surface area contributed by atoms with Crippen molar-refractivity contribution >= 4 is 27.5 Å². The number of halogens is 2. The zero-order valence-electron chi connectivity index (χ0n) is 13.2. The molecule has 8 heteroatoms. The second-order valence-corrected chi connectivity index (χ2v) is 8.03. The van der Waals surface area contributed by atoms with E-state index in [1.54, 1.807) is 29.2 Å². The van der Waals surface area contributed by atoms with E-state index in [4.69, 9.17) is 11.6 Å². The average molecular weight is 383 g/mol. The van der Waals surface area contributed by atoms with Crippen molar-refractivity contribution in [1.82, 2.24) is 9.21 Å². The Balaban J connectivity index is 1.69. The normalized spacial score (nSPS) is 16.0. The Kier molecular flexibility index (Phi) is 5.08. The van der Waals surface area contributed by atoms with Crippen LogP contribution in [0.25, 0.3) is 0 Å². The van der Waals surface area contributed by atoms with Crippen molar-refractivity contribution in [3.63, 3.8) is 0 Å².